The van der Waals surface area contributed by atoms with Crippen LogP contribution in [0.3, 0.4) is 0 Å². The fourth-order valence-corrected chi connectivity index (χ4v) is 4.45. The number of amides is 1. The van der Waals surface area contributed by atoms with Crippen LogP contribution in [-0.4, -0.2) is 16.1 Å². The van der Waals surface area contributed by atoms with Crippen molar-refractivity contribution in [2.75, 3.05) is 5.32 Å². The Morgan fingerprint density at radius 2 is 1.93 bits per heavy atom. The fraction of sp³-hybridized carbons (Fsp3) is 0.250. The van der Waals surface area contributed by atoms with Crippen molar-refractivity contribution in [3.63, 3.8) is 0 Å². The molecule has 140 valence electrons. The minimum absolute atomic E-state index is 0.0413. The molecule has 1 amide bonds. The van der Waals surface area contributed by atoms with Gasteiger partial charge in [-0.3, -0.25) is 4.79 Å². The number of aryl methyl sites for hydroxylation is 3. The van der Waals surface area contributed by atoms with Crippen LogP contribution in [0.25, 0.3) is 0 Å². The quantitative estimate of drug-likeness (QED) is 0.397. The summed E-state index contributed by atoms with van der Waals surface area (Å²) in [5.74, 6) is 0.743. The normalized spacial score (nSPS) is 10.8. The van der Waals surface area contributed by atoms with E-state index in [4.69, 9.17) is 11.6 Å². The molecule has 1 N–H and O–H groups in total. The number of carbonyl (C=O) groups is 1. The van der Waals surface area contributed by atoms with Crippen LogP contribution in [0, 0.1) is 13.8 Å². The molecule has 27 heavy (non-hydrogen) atoms. The van der Waals surface area contributed by atoms with Crippen LogP contribution in [0.5, 0.6) is 0 Å². The van der Waals surface area contributed by atoms with Gasteiger partial charge in [-0.2, -0.15) is 0 Å². The number of hydrogen-bond donors (Lipinski definition) is 1. The van der Waals surface area contributed by atoms with E-state index in [1.54, 1.807) is 11.8 Å². The van der Waals surface area contributed by atoms with Gasteiger partial charge in [0.05, 0.1) is 0 Å². The highest BCUT2D eigenvalue weighted by atomic mass is 35.5. The lowest BCUT2D eigenvalue weighted by Gasteiger charge is -2.06. The van der Waals surface area contributed by atoms with Gasteiger partial charge in [0.1, 0.15) is 0 Å². The van der Waals surface area contributed by atoms with Crippen molar-refractivity contribution in [3.05, 3.63) is 69.7 Å². The summed E-state index contributed by atoms with van der Waals surface area (Å²) in [5.41, 5.74) is 4.82. The zero-order valence-electron chi connectivity index (χ0n) is 15.2. The Labute approximate surface area is 172 Å². The van der Waals surface area contributed by atoms with E-state index in [1.807, 2.05) is 24.3 Å². The van der Waals surface area contributed by atoms with Gasteiger partial charge in [-0.1, -0.05) is 70.6 Å². The number of hydrogen-bond acceptors (Lipinski definition) is 5. The van der Waals surface area contributed by atoms with E-state index in [0.717, 1.165) is 21.5 Å². The summed E-state index contributed by atoms with van der Waals surface area (Å²) in [5, 5.41) is 12.3. The zero-order chi connectivity index (χ0) is 19.2. The Bertz CT molecular complexity index is 925. The molecule has 3 aromatic rings. The van der Waals surface area contributed by atoms with E-state index in [-0.39, 0.29) is 5.91 Å². The lowest BCUT2D eigenvalue weighted by Crippen LogP contribution is -2.12. The molecule has 1 heterocycles. The lowest BCUT2D eigenvalue weighted by molar-refractivity contribution is -0.116. The highest BCUT2D eigenvalue weighted by Crippen LogP contribution is 2.28. The average Bonchev–Trinajstić information content (AvgIpc) is 3.08. The van der Waals surface area contributed by atoms with Gasteiger partial charge in [-0.15, -0.1) is 10.2 Å². The highest BCUT2D eigenvalue weighted by molar-refractivity contribution is 8.00. The monoisotopic (exact) mass is 417 g/mol. The lowest BCUT2D eigenvalue weighted by atomic mass is 10.0. The summed E-state index contributed by atoms with van der Waals surface area (Å²) in [6, 6.07) is 14.0. The number of benzene rings is 2. The molecule has 2 aromatic carbocycles. The Hall–Kier alpha value is -1.89. The van der Waals surface area contributed by atoms with Crippen LogP contribution in [0.2, 0.25) is 5.02 Å². The van der Waals surface area contributed by atoms with Crippen molar-refractivity contribution < 1.29 is 4.79 Å². The fourth-order valence-electron chi connectivity index (χ4n) is 2.60. The molecule has 3 rings (SSSR count). The minimum atomic E-state index is -0.0413. The first kappa shape index (κ1) is 19.9. The van der Waals surface area contributed by atoms with E-state index in [9.17, 15) is 4.79 Å². The Morgan fingerprint density at radius 1 is 1.15 bits per heavy atom. The molecule has 0 aliphatic heterocycles. The van der Waals surface area contributed by atoms with Gasteiger partial charge < -0.3 is 5.32 Å². The van der Waals surface area contributed by atoms with Crippen LogP contribution in [0.15, 0.2) is 46.8 Å². The first-order chi connectivity index (χ1) is 13.0. The second-order valence-corrected chi connectivity index (χ2v) is 8.90. The van der Waals surface area contributed by atoms with Gasteiger partial charge in [-0.25, -0.2) is 0 Å². The summed E-state index contributed by atoms with van der Waals surface area (Å²) < 4.78 is 0.828. The SMILES string of the molecule is Cc1ccc(CCC(=O)Nc2nnc(SCc3ccc(Cl)cc3)s2)c(C)c1. The molecule has 0 saturated heterocycles. The Morgan fingerprint density at radius 3 is 2.67 bits per heavy atom. The molecule has 0 radical (unpaired) electrons. The molecule has 0 bridgehead atoms. The maximum absolute atomic E-state index is 12.2. The molecule has 7 heteroatoms. The third-order valence-corrected chi connectivity index (χ3v) is 6.34. The standard InChI is InChI=1S/C20H20ClN3OS2/c1-13-3-6-16(14(2)11-13)7-10-18(25)22-19-23-24-20(27-19)26-12-15-4-8-17(21)9-5-15/h3-6,8-9,11H,7,10,12H2,1-2H3,(H,22,23,25). The first-order valence-corrected chi connectivity index (χ1v) is 10.7. The number of halogens is 1. The maximum atomic E-state index is 12.2. The predicted octanol–water partition coefficient (Wildman–Crippen LogP) is 5.67. The van der Waals surface area contributed by atoms with Crippen LogP contribution in [-0.2, 0) is 17.0 Å². The van der Waals surface area contributed by atoms with Gasteiger partial charge in [0.15, 0.2) is 4.34 Å². The van der Waals surface area contributed by atoms with Crippen molar-refractivity contribution in [1.29, 1.82) is 0 Å². The van der Waals surface area contributed by atoms with Crippen molar-refractivity contribution in [2.24, 2.45) is 0 Å². The van der Waals surface area contributed by atoms with Crippen molar-refractivity contribution in [1.82, 2.24) is 10.2 Å². The molecule has 1 aromatic heterocycles. The number of nitrogens with zero attached hydrogens (tertiary/aromatic N) is 2. The molecule has 0 unspecified atom stereocenters. The Balaban J connectivity index is 1.48. The smallest absolute Gasteiger partial charge is 0.226 e. The molecule has 0 fully saturated rings. The highest BCUT2D eigenvalue weighted by Gasteiger charge is 2.10. The zero-order valence-corrected chi connectivity index (χ0v) is 17.5. The van der Waals surface area contributed by atoms with Crippen LogP contribution in [0.4, 0.5) is 5.13 Å². The molecular weight excluding hydrogens is 398 g/mol. The average molecular weight is 418 g/mol. The number of aromatic nitrogens is 2. The molecule has 0 aliphatic carbocycles. The summed E-state index contributed by atoms with van der Waals surface area (Å²) in [6.07, 6.45) is 1.14. The van der Waals surface area contributed by atoms with E-state index < -0.39 is 0 Å². The summed E-state index contributed by atoms with van der Waals surface area (Å²) in [6.45, 7) is 4.15. The second kappa shape index (κ2) is 9.35. The maximum Gasteiger partial charge on any atom is 0.226 e. The molecule has 0 atom stereocenters. The van der Waals surface area contributed by atoms with Crippen LogP contribution < -0.4 is 5.32 Å². The molecule has 0 aliphatic rings. The topological polar surface area (TPSA) is 54.9 Å². The molecular formula is C20H20ClN3OS2. The van der Waals surface area contributed by atoms with Gasteiger partial charge in [0.2, 0.25) is 11.0 Å². The number of nitrogens with one attached hydrogen (secondary N) is 1. The van der Waals surface area contributed by atoms with Crippen LogP contribution in [0.1, 0.15) is 28.7 Å². The number of rotatable bonds is 7. The summed E-state index contributed by atoms with van der Waals surface area (Å²) in [4.78, 5) is 12.2. The van der Waals surface area contributed by atoms with Crippen molar-refractivity contribution >= 4 is 45.7 Å². The number of anilines is 1. The third kappa shape index (κ3) is 6.06. The Kier molecular flexibility index (Phi) is 6.88. The molecule has 4 nitrogen and oxygen atoms in total. The van der Waals surface area contributed by atoms with E-state index in [0.29, 0.717) is 11.6 Å². The van der Waals surface area contributed by atoms with Crippen molar-refractivity contribution in [3.8, 4) is 0 Å². The molecule has 0 spiro atoms. The van der Waals surface area contributed by atoms with E-state index in [1.165, 1.54) is 33.6 Å². The first-order valence-electron chi connectivity index (χ1n) is 8.56. The number of carbonyl (C=O) groups excluding carboxylic acids is 1. The largest absolute Gasteiger partial charge is 0.300 e. The van der Waals surface area contributed by atoms with Gasteiger partial charge in [0.25, 0.3) is 0 Å². The van der Waals surface area contributed by atoms with Gasteiger partial charge >= 0.3 is 0 Å². The predicted molar refractivity (Wildman–Crippen MR) is 114 cm³/mol. The van der Waals surface area contributed by atoms with Crippen LogP contribution >= 0.6 is 34.7 Å². The van der Waals surface area contributed by atoms with Gasteiger partial charge in [0, 0.05) is 17.2 Å². The van der Waals surface area contributed by atoms with E-state index >= 15 is 0 Å². The minimum Gasteiger partial charge on any atom is -0.300 e. The summed E-state index contributed by atoms with van der Waals surface area (Å²) in [7, 11) is 0. The third-order valence-electron chi connectivity index (χ3n) is 4.05. The molecule has 0 saturated carbocycles. The van der Waals surface area contributed by atoms with Crippen molar-refractivity contribution in [2.45, 2.75) is 36.8 Å². The number of thioether (sulfide) groups is 1. The second-order valence-electron chi connectivity index (χ2n) is 6.27. The van der Waals surface area contributed by atoms with E-state index in [2.05, 4.69) is 47.6 Å². The van der Waals surface area contributed by atoms with Gasteiger partial charge in [-0.05, 0) is 49.1 Å². The summed E-state index contributed by atoms with van der Waals surface area (Å²) >= 11 is 8.88.